The van der Waals surface area contributed by atoms with E-state index in [4.69, 9.17) is 14.9 Å². The van der Waals surface area contributed by atoms with Gasteiger partial charge in [-0.05, 0) is 51.4 Å². The second kappa shape index (κ2) is 14.3. The molecule has 0 aliphatic carbocycles. The third-order valence-electron chi connectivity index (χ3n) is 2.64. The Morgan fingerprint density at radius 1 is 0.684 bits per heavy atom. The lowest BCUT2D eigenvalue weighted by Crippen LogP contribution is -2.20. The summed E-state index contributed by atoms with van der Waals surface area (Å²) in [5.41, 5.74) is 0. The van der Waals surface area contributed by atoms with Crippen LogP contribution in [0.1, 0.15) is 67.2 Å². The standard InChI is InChI=1S/C12H26O.C4H10O2/c1-9(2)7-11(5)13-12(6)8-10(3)4;5-3-1-2-4-6/h9-12H,7-8H2,1-6H3;5-6H,1-4H2. The molecule has 0 heterocycles. The first-order valence-corrected chi connectivity index (χ1v) is 7.70. The molecule has 0 aliphatic heterocycles. The highest BCUT2D eigenvalue weighted by Crippen LogP contribution is 2.14. The molecule has 2 unspecified atom stereocenters. The van der Waals surface area contributed by atoms with Gasteiger partial charge >= 0.3 is 0 Å². The van der Waals surface area contributed by atoms with E-state index in [1.54, 1.807) is 0 Å². The summed E-state index contributed by atoms with van der Waals surface area (Å²) in [6.45, 7) is 13.7. The van der Waals surface area contributed by atoms with Crippen molar-refractivity contribution in [2.75, 3.05) is 13.2 Å². The van der Waals surface area contributed by atoms with Crippen molar-refractivity contribution in [3.8, 4) is 0 Å². The molecule has 0 aromatic rings. The van der Waals surface area contributed by atoms with Crippen LogP contribution in [0.15, 0.2) is 0 Å². The largest absolute Gasteiger partial charge is 0.396 e. The van der Waals surface area contributed by atoms with Gasteiger partial charge in [0.15, 0.2) is 0 Å². The fourth-order valence-corrected chi connectivity index (χ4v) is 2.06. The molecule has 0 amide bonds. The van der Waals surface area contributed by atoms with Gasteiger partial charge in [0.25, 0.3) is 0 Å². The maximum absolute atomic E-state index is 8.09. The minimum absolute atomic E-state index is 0.195. The second-order valence-electron chi connectivity index (χ2n) is 6.17. The van der Waals surface area contributed by atoms with Crippen LogP contribution >= 0.6 is 0 Å². The molecular weight excluding hydrogens is 240 g/mol. The fraction of sp³-hybridized carbons (Fsp3) is 1.00. The average molecular weight is 276 g/mol. The van der Waals surface area contributed by atoms with Crippen molar-refractivity contribution in [2.24, 2.45) is 11.8 Å². The van der Waals surface area contributed by atoms with Gasteiger partial charge in [0.2, 0.25) is 0 Å². The van der Waals surface area contributed by atoms with E-state index < -0.39 is 0 Å². The van der Waals surface area contributed by atoms with Gasteiger partial charge in [-0.2, -0.15) is 0 Å². The maximum Gasteiger partial charge on any atom is 0.0553 e. The predicted octanol–water partition coefficient (Wildman–Crippen LogP) is 3.62. The maximum atomic E-state index is 8.09. The van der Waals surface area contributed by atoms with E-state index in [0.717, 1.165) is 24.7 Å². The van der Waals surface area contributed by atoms with E-state index in [0.29, 0.717) is 12.2 Å². The molecule has 0 saturated carbocycles. The summed E-state index contributed by atoms with van der Waals surface area (Å²) in [6, 6.07) is 0. The topological polar surface area (TPSA) is 49.7 Å². The Morgan fingerprint density at radius 2 is 1.00 bits per heavy atom. The number of rotatable bonds is 9. The Morgan fingerprint density at radius 3 is 1.21 bits per heavy atom. The molecule has 0 rings (SSSR count). The predicted molar refractivity (Wildman–Crippen MR) is 82.3 cm³/mol. The van der Waals surface area contributed by atoms with Crippen molar-refractivity contribution in [1.29, 1.82) is 0 Å². The highest BCUT2D eigenvalue weighted by Gasteiger charge is 2.11. The minimum atomic E-state index is 0.195. The molecule has 2 atom stereocenters. The van der Waals surface area contributed by atoms with Crippen LogP contribution in [0.5, 0.6) is 0 Å². The summed E-state index contributed by atoms with van der Waals surface area (Å²) >= 11 is 0. The van der Waals surface area contributed by atoms with Gasteiger partial charge in [-0.25, -0.2) is 0 Å². The molecule has 0 aliphatic rings. The molecule has 19 heavy (non-hydrogen) atoms. The van der Waals surface area contributed by atoms with Gasteiger partial charge in [-0.1, -0.05) is 27.7 Å². The number of ether oxygens (including phenoxy) is 1. The Balaban J connectivity index is 0. The zero-order valence-electron chi connectivity index (χ0n) is 13.9. The summed E-state index contributed by atoms with van der Waals surface area (Å²) < 4.78 is 5.87. The Hall–Kier alpha value is -0.120. The summed E-state index contributed by atoms with van der Waals surface area (Å²) in [5.74, 6) is 1.47. The smallest absolute Gasteiger partial charge is 0.0553 e. The van der Waals surface area contributed by atoms with Gasteiger partial charge in [0, 0.05) is 13.2 Å². The number of unbranched alkanes of at least 4 members (excludes halogenated alkanes) is 1. The SMILES string of the molecule is CC(C)CC(C)OC(C)CC(C)C.OCCCCO. The summed E-state index contributed by atoms with van der Waals surface area (Å²) in [7, 11) is 0. The van der Waals surface area contributed by atoms with E-state index in [1.807, 2.05) is 0 Å². The van der Waals surface area contributed by atoms with E-state index in [1.165, 1.54) is 12.8 Å². The van der Waals surface area contributed by atoms with Crippen LogP contribution < -0.4 is 0 Å². The zero-order valence-corrected chi connectivity index (χ0v) is 13.9. The summed E-state index contributed by atoms with van der Waals surface area (Å²) in [4.78, 5) is 0. The van der Waals surface area contributed by atoms with Crippen LogP contribution in [0, 0.1) is 11.8 Å². The molecule has 0 aromatic heterocycles. The van der Waals surface area contributed by atoms with Crippen molar-refractivity contribution in [3.05, 3.63) is 0 Å². The monoisotopic (exact) mass is 276 g/mol. The van der Waals surface area contributed by atoms with Gasteiger partial charge in [-0.15, -0.1) is 0 Å². The molecule has 0 bridgehead atoms. The highest BCUT2D eigenvalue weighted by molar-refractivity contribution is 4.59. The van der Waals surface area contributed by atoms with Crippen LogP contribution in [0.4, 0.5) is 0 Å². The Labute approximate surface area is 120 Å². The molecular formula is C16H36O3. The first-order valence-electron chi connectivity index (χ1n) is 7.70. The van der Waals surface area contributed by atoms with Crippen molar-refractivity contribution in [1.82, 2.24) is 0 Å². The van der Waals surface area contributed by atoms with Gasteiger partial charge in [-0.3, -0.25) is 0 Å². The van der Waals surface area contributed by atoms with Crippen LogP contribution in [-0.4, -0.2) is 35.6 Å². The van der Waals surface area contributed by atoms with Gasteiger partial charge in [0.1, 0.15) is 0 Å². The summed E-state index contributed by atoms with van der Waals surface area (Å²) in [5, 5.41) is 16.2. The fourth-order valence-electron chi connectivity index (χ4n) is 2.06. The molecule has 0 fully saturated rings. The van der Waals surface area contributed by atoms with Crippen LogP contribution in [-0.2, 0) is 4.74 Å². The lowest BCUT2D eigenvalue weighted by Gasteiger charge is -2.21. The van der Waals surface area contributed by atoms with Crippen molar-refractivity contribution in [3.63, 3.8) is 0 Å². The third kappa shape index (κ3) is 20.4. The van der Waals surface area contributed by atoms with Crippen molar-refractivity contribution >= 4 is 0 Å². The van der Waals surface area contributed by atoms with Crippen LogP contribution in [0.2, 0.25) is 0 Å². The number of aliphatic hydroxyl groups excluding tert-OH is 2. The minimum Gasteiger partial charge on any atom is -0.396 e. The zero-order chi connectivity index (χ0) is 15.3. The molecule has 0 spiro atoms. The van der Waals surface area contributed by atoms with Crippen LogP contribution in [0.3, 0.4) is 0 Å². The molecule has 0 aromatic carbocycles. The molecule has 2 N–H and O–H groups in total. The number of hydrogen-bond donors (Lipinski definition) is 2. The van der Waals surface area contributed by atoms with E-state index >= 15 is 0 Å². The average Bonchev–Trinajstić information content (AvgIpc) is 2.24. The highest BCUT2D eigenvalue weighted by atomic mass is 16.5. The van der Waals surface area contributed by atoms with E-state index in [9.17, 15) is 0 Å². The van der Waals surface area contributed by atoms with Crippen molar-refractivity contribution in [2.45, 2.75) is 79.4 Å². The molecule has 118 valence electrons. The molecule has 0 saturated heterocycles. The molecule has 3 heteroatoms. The lowest BCUT2D eigenvalue weighted by molar-refractivity contribution is -0.0113. The first kappa shape index (κ1) is 21.2. The van der Waals surface area contributed by atoms with Gasteiger partial charge in [0.05, 0.1) is 12.2 Å². The Kier molecular flexibility index (Phi) is 15.9. The van der Waals surface area contributed by atoms with E-state index in [2.05, 4.69) is 41.5 Å². The number of hydrogen-bond acceptors (Lipinski definition) is 3. The lowest BCUT2D eigenvalue weighted by atomic mass is 10.1. The normalized spacial score (nSPS) is 14.2. The van der Waals surface area contributed by atoms with E-state index in [-0.39, 0.29) is 13.2 Å². The summed E-state index contributed by atoms with van der Waals surface area (Å²) in [6.07, 6.45) is 4.60. The second-order valence-corrected chi connectivity index (χ2v) is 6.17. The third-order valence-corrected chi connectivity index (χ3v) is 2.64. The first-order chi connectivity index (χ1) is 8.83. The molecule has 0 radical (unpaired) electrons. The van der Waals surface area contributed by atoms with Crippen LogP contribution in [0.25, 0.3) is 0 Å². The molecule has 3 nitrogen and oxygen atoms in total. The quantitative estimate of drug-likeness (QED) is 0.632. The van der Waals surface area contributed by atoms with Crippen molar-refractivity contribution < 1.29 is 14.9 Å². The van der Waals surface area contributed by atoms with Gasteiger partial charge < -0.3 is 14.9 Å². The number of aliphatic hydroxyl groups is 2. The Bertz CT molecular complexity index is 151.